The molecule has 2 aromatic heterocycles. The van der Waals surface area contributed by atoms with E-state index in [9.17, 15) is 0 Å². The number of aliphatic imine (C=N–C) groups is 1. The number of pyridine rings is 1. The fourth-order valence-corrected chi connectivity index (χ4v) is 3.77. The maximum atomic E-state index is 6.04. The Morgan fingerprint density at radius 2 is 2.06 bits per heavy atom. The number of benzene rings is 1. The number of likely N-dealkylation sites (tertiary alicyclic amines) is 1. The molecule has 0 bridgehead atoms. The van der Waals surface area contributed by atoms with Crippen LogP contribution in [0.25, 0.3) is 11.4 Å². The predicted molar refractivity (Wildman–Crippen MR) is 136 cm³/mol. The molecule has 0 atom stereocenters. The van der Waals surface area contributed by atoms with Gasteiger partial charge in [0.1, 0.15) is 0 Å². The average molecular weight is 568 g/mol. The lowest BCUT2D eigenvalue weighted by Crippen LogP contribution is -2.48. The number of hydrogen-bond donors (Lipinski definition) is 2. The quantitative estimate of drug-likeness (QED) is 0.266. The third-order valence-electron chi connectivity index (χ3n) is 5.22. The van der Waals surface area contributed by atoms with Crippen molar-refractivity contribution in [1.29, 1.82) is 0 Å². The molecule has 10 heteroatoms. The SMILES string of the molecule is CN=C(NCc1nc(-c2cccc(Cl)c2)no1)NC1CCN(Cc2ccccn2)CC1.I. The van der Waals surface area contributed by atoms with E-state index >= 15 is 0 Å². The van der Waals surface area contributed by atoms with Gasteiger partial charge in [0.15, 0.2) is 5.96 Å². The number of aromatic nitrogens is 3. The molecule has 3 aromatic rings. The van der Waals surface area contributed by atoms with Gasteiger partial charge in [-0.3, -0.25) is 14.9 Å². The molecule has 2 N–H and O–H groups in total. The normalized spacial score (nSPS) is 15.2. The minimum absolute atomic E-state index is 0. The van der Waals surface area contributed by atoms with E-state index < -0.39 is 0 Å². The van der Waals surface area contributed by atoms with Crippen LogP contribution in [0.3, 0.4) is 0 Å². The van der Waals surface area contributed by atoms with Crippen LogP contribution in [0.2, 0.25) is 5.02 Å². The fraction of sp³-hybridized carbons (Fsp3) is 0.364. The first-order chi connectivity index (χ1) is 15.2. The van der Waals surface area contributed by atoms with E-state index in [0.717, 1.165) is 49.7 Å². The van der Waals surface area contributed by atoms with Gasteiger partial charge in [0, 0.05) is 49.5 Å². The maximum Gasteiger partial charge on any atom is 0.246 e. The zero-order valence-electron chi connectivity index (χ0n) is 17.9. The van der Waals surface area contributed by atoms with E-state index in [2.05, 4.69) is 41.7 Å². The molecule has 3 heterocycles. The number of nitrogens with one attached hydrogen (secondary N) is 2. The first-order valence-corrected chi connectivity index (χ1v) is 10.8. The van der Waals surface area contributed by atoms with E-state index in [1.165, 1.54) is 0 Å². The molecule has 0 spiro atoms. The molecule has 1 saturated heterocycles. The number of halogens is 2. The van der Waals surface area contributed by atoms with Crippen molar-refractivity contribution in [2.45, 2.75) is 32.0 Å². The Morgan fingerprint density at radius 1 is 1.22 bits per heavy atom. The zero-order valence-corrected chi connectivity index (χ0v) is 21.0. The Balaban J connectivity index is 0.00000289. The van der Waals surface area contributed by atoms with Crippen LogP contribution in [-0.4, -0.2) is 52.2 Å². The first kappa shape index (κ1) is 24.4. The minimum atomic E-state index is 0. The summed E-state index contributed by atoms with van der Waals surface area (Å²) in [5.41, 5.74) is 1.94. The second-order valence-electron chi connectivity index (χ2n) is 7.46. The molecule has 0 aliphatic carbocycles. The van der Waals surface area contributed by atoms with Gasteiger partial charge in [0.05, 0.1) is 12.2 Å². The second-order valence-corrected chi connectivity index (χ2v) is 7.90. The molecule has 0 amide bonds. The van der Waals surface area contributed by atoms with Crippen molar-refractivity contribution >= 4 is 41.5 Å². The second kappa shape index (κ2) is 12.1. The standard InChI is InChI=1S/C22H26ClN7O.HI/c1-24-22(26-14-20-28-21(29-31-20)16-5-4-6-17(23)13-16)27-18-8-11-30(12-9-18)15-19-7-2-3-10-25-19;/h2-7,10,13,18H,8-9,11-12,14-15H2,1H3,(H2,24,26,27);1H. The van der Waals surface area contributed by atoms with E-state index in [-0.39, 0.29) is 24.0 Å². The van der Waals surface area contributed by atoms with Crippen LogP contribution in [0.1, 0.15) is 24.4 Å². The van der Waals surface area contributed by atoms with Crippen molar-refractivity contribution < 1.29 is 4.52 Å². The van der Waals surface area contributed by atoms with Gasteiger partial charge < -0.3 is 15.2 Å². The molecular weight excluding hydrogens is 541 g/mol. The predicted octanol–water partition coefficient (Wildman–Crippen LogP) is 3.73. The summed E-state index contributed by atoms with van der Waals surface area (Å²) < 4.78 is 5.35. The molecule has 1 aromatic carbocycles. The molecule has 4 rings (SSSR count). The van der Waals surface area contributed by atoms with E-state index in [1.54, 1.807) is 7.05 Å². The Kier molecular flexibility index (Phi) is 9.24. The Hall–Kier alpha value is -2.24. The van der Waals surface area contributed by atoms with Crippen LogP contribution in [0.4, 0.5) is 0 Å². The molecule has 8 nitrogen and oxygen atoms in total. The van der Waals surface area contributed by atoms with Gasteiger partial charge in [-0.1, -0.05) is 35.0 Å². The monoisotopic (exact) mass is 567 g/mol. The van der Waals surface area contributed by atoms with Crippen LogP contribution in [0, 0.1) is 0 Å². The molecular formula is C22H27ClIN7O. The van der Waals surface area contributed by atoms with Gasteiger partial charge in [0.2, 0.25) is 11.7 Å². The van der Waals surface area contributed by atoms with E-state index in [0.29, 0.717) is 29.3 Å². The molecule has 1 aliphatic heterocycles. The molecule has 0 unspecified atom stereocenters. The molecule has 0 radical (unpaired) electrons. The van der Waals surface area contributed by atoms with Gasteiger partial charge in [-0.25, -0.2) is 0 Å². The first-order valence-electron chi connectivity index (χ1n) is 10.4. The lowest BCUT2D eigenvalue weighted by Gasteiger charge is -2.32. The van der Waals surface area contributed by atoms with E-state index in [1.807, 2.05) is 42.6 Å². The summed E-state index contributed by atoms with van der Waals surface area (Å²) >= 11 is 6.04. The number of nitrogens with zero attached hydrogens (tertiary/aromatic N) is 5. The Bertz CT molecular complexity index is 1010. The number of guanidine groups is 1. The van der Waals surface area contributed by atoms with E-state index in [4.69, 9.17) is 16.1 Å². The maximum absolute atomic E-state index is 6.04. The minimum Gasteiger partial charge on any atom is -0.354 e. The van der Waals surface area contributed by atoms with Crippen LogP contribution in [0.15, 0.2) is 58.2 Å². The highest BCUT2D eigenvalue weighted by Gasteiger charge is 2.20. The third-order valence-corrected chi connectivity index (χ3v) is 5.46. The van der Waals surface area contributed by atoms with Crippen molar-refractivity contribution in [3.05, 3.63) is 65.3 Å². The number of hydrogen-bond acceptors (Lipinski definition) is 6. The molecule has 0 saturated carbocycles. The van der Waals surface area contributed by atoms with Gasteiger partial charge >= 0.3 is 0 Å². The van der Waals surface area contributed by atoms with Crippen LogP contribution in [-0.2, 0) is 13.1 Å². The van der Waals surface area contributed by atoms with Gasteiger partial charge in [-0.05, 0) is 37.1 Å². The highest BCUT2D eigenvalue weighted by atomic mass is 127. The summed E-state index contributed by atoms with van der Waals surface area (Å²) in [5, 5.41) is 11.4. The van der Waals surface area contributed by atoms with Crippen LogP contribution < -0.4 is 10.6 Å². The largest absolute Gasteiger partial charge is 0.354 e. The van der Waals surface area contributed by atoms with Crippen molar-refractivity contribution in [3.63, 3.8) is 0 Å². The summed E-state index contributed by atoms with van der Waals surface area (Å²) in [6.07, 6.45) is 3.95. The lowest BCUT2D eigenvalue weighted by molar-refractivity contribution is 0.196. The third kappa shape index (κ3) is 6.88. The van der Waals surface area contributed by atoms with Gasteiger partial charge in [0.25, 0.3) is 0 Å². The van der Waals surface area contributed by atoms with Gasteiger partial charge in [-0.15, -0.1) is 24.0 Å². The van der Waals surface area contributed by atoms with Gasteiger partial charge in [-0.2, -0.15) is 4.98 Å². The van der Waals surface area contributed by atoms with Crippen molar-refractivity contribution in [1.82, 2.24) is 30.7 Å². The van der Waals surface area contributed by atoms with Crippen molar-refractivity contribution in [2.24, 2.45) is 4.99 Å². The molecule has 1 fully saturated rings. The number of rotatable bonds is 6. The van der Waals surface area contributed by atoms with Crippen molar-refractivity contribution in [3.8, 4) is 11.4 Å². The Morgan fingerprint density at radius 3 is 2.78 bits per heavy atom. The molecule has 1 aliphatic rings. The summed E-state index contributed by atoms with van der Waals surface area (Å²) in [7, 11) is 1.76. The van der Waals surface area contributed by atoms with Crippen LogP contribution in [0.5, 0.6) is 0 Å². The zero-order chi connectivity index (χ0) is 21.5. The summed E-state index contributed by atoms with van der Waals surface area (Å²) in [6, 6.07) is 13.8. The smallest absolute Gasteiger partial charge is 0.246 e. The Labute approximate surface area is 209 Å². The topological polar surface area (TPSA) is 91.5 Å². The summed E-state index contributed by atoms with van der Waals surface area (Å²) in [4.78, 5) is 15.6. The van der Waals surface area contributed by atoms with Crippen molar-refractivity contribution in [2.75, 3.05) is 20.1 Å². The molecule has 32 heavy (non-hydrogen) atoms. The number of piperidine rings is 1. The fourth-order valence-electron chi connectivity index (χ4n) is 3.57. The summed E-state index contributed by atoms with van der Waals surface area (Å²) in [6.45, 7) is 3.34. The van der Waals surface area contributed by atoms with Crippen LogP contribution >= 0.6 is 35.6 Å². The highest BCUT2D eigenvalue weighted by Crippen LogP contribution is 2.20. The lowest BCUT2D eigenvalue weighted by atomic mass is 10.1. The highest BCUT2D eigenvalue weighted by molar-refractivity contribution is 14.0. The molecule has 170 valence electrons. The average Bonchev–Trinajstić information content (AvgIpc) is 3.28. The summed E-state index contributed by atoms with van der Waals surface area (Å²) in [5.74, 6) is 1.73.